The van der Waals surface area contributed by atoms with E-state index in [2.05, 4.69) is 20.9 Å². The molecule has 132 valence electrons. The third-order valence-electron chi connectivity index (χ3n) is 3.82. The average Bonchev–Trinajstić information content (AvgIpc) is 3.34. The Morgan fingerprint density at radius 2 is 1.92 bits per heavy atom. The number of carbonyl (C=O) groups excluding carboxylic acids is 2. The predicted octanol–water partition coefficient (Wildman–Crippen LogP) is 2.45. The standard InChI is InChI=1S/C19H24N4O2/c1-19(2,3)23-17(24)11-20-16-10-14(18(25)21-12-8-9-12)13-6-4-5-7-15(13)22-16/h4-7,10,12H,8-9,11H2,1-3H3,(H,20,22)(H,21,25)(H,23,24). The largest absolute Gasteiger partial charge is 0.361 e. The van der Waals surface area contributed by atoms with Gasteiger partial charge in [0, 0.05) is 17.0 Å². The molecule has 1 saturated carbocycles. The summed E-state index contributed by atoms with van der Waals surface area (Å²) >= 11 is 0. The lowest BCUT2D eigenvalue weighted by molar-refractivity contribution is -0.120. The van der Waals surface area contributed by atoms with Crippen molar-refractivity contribution < 1.29 is 9.59 Å². The fourth-order valence-electron chi connectivity index (χ4n) is 2.58. The van der Waals surface area contributed by atoms with E-state index in [-0.39, 0.29) is 29.9 Å². The number of nitrogens with one attached hydrogen (secondary N) is 3. The summed E-state index contributed by atoms with van der Waals surface area (Å²) < 4.78 is 0. The van der Waals surface area contributed by atoms with E-state index in [1.807, 2.05) is 45.0 Å². The van der Waals surface area contributed by atoms with Crippen molar-refractivity contribution in [3.05, 3.63) is 35.9 Å². The molecule has 0 aliphatic heterocycles. The molecule has 1 aliphatic carbocycles. The number of para-hydroxylation sites is 1. The third-order valence-corrected chi connectivity index (χ3v) is 3.82. The zero-order chi connectivity index (χ0) is 18.0. The molecule has 0 radical (unpaired) electrons. The number of fused-ring (bicyclic) bond motifs is 1. The van der Waals surface area contributed by atoms with E-state index in [1.54, 1.807) is 6.07 Å². The molecule has 1 aliphatic rings. The third kappa shape index (κ3) is 4.68. The smallest absolute Gasteiger partial charge is 0.252 e. The van der Waals surface area contributed by atoms with E-state index < -0.39 is 0 Å². The summed E-state index contributed by atoms with van der Waals surface area (Å²) in [6.45, 7) is 5.89. The molecule has 1 fully saturated rings. The molecule has 0 spiro atoms. The summed E-state index contributed by atoms with van der Waals surface area (Å²) in [5, 5.41) is 9.73. The molecule has 25 heavy (non-hydrogen) atoms. The minimum Gasteiger partial charge on any atom is -0.361 e. The quantitative estimate of drug-likeness (QED) is 0.781. The number of hydrogen-bond acceptors (Lipinski definition) is 4. The highest BCUT2D eigenvalue weighted by Crippen LogP contribution is 2.23. The van der Waals surface area contributed by atoms with Gasteiger partial charge in [0.15, 0.2) is 0 Å². The number of benzene rings is 1. The Bertz CT molecular complexity index is 807. The van der Waals surface area contributed by atoms with E-state index in [0.717, 1.165) is 23.7 Å². The van der Waals surface area contributed by atoms with Gasteiger partial charge in [-0.15, -0.1) is 0 Å². The molecule has 1 heterocycles. The second-order valence-corrected chi connectivity index (χ2v) is 7.47. The van der Waals surface area contributed by atoms with Crippen molar-refractivity contribution in [3.63, 3.8) is 0 Å². The molecule has 6 heteroatoms. The predicted molar refractivity (Wildman–Crippen MR) is 98.6 cm³/mol. The molecule has 6 nitrogen and oxygen atoms in total. The van der Waals surface area contributed by atoms with E-state index in [4.69, 9.17) is 0 Å². The Kier molecular flexibility index (Phi) is 4.61. The van der Waals surface area contributed by atoms with Crippen LogP contribution >= 0.6 is 0 Å². The van der Waals surface area contributed by atoms with E-state index in [0.29, 0.717) is 11.4 Å². The van der Waals surface area contributed by atoms with Crippen molar-refractivity contribution in [3.8, 4) is 0 Å². The van der Waals surface area contributed by atoms with Crippen LogP contribution in [0.2, 0.25) is 0 Å². The second-order valence-electron chi connectivity index (χ2n) is 7.47. The van der Waals surface area contributed by atoms with Crippen LogP contribution in [-0.4, -0.2) is 34.9 Å². The van der Waals surface area contributed by atoms with E-state index >= 15 is 0 Å². The summed E-state index contributed by atoms with van der Waals surface area (Å²) in [6.07, 6.45) is 2.07. The van der Waals surface area contributed by atoms with Crippen LogP contribution in [0.3, 0.4) is 0 Å². The van der Waals surface area contributed by atoms with Gasteiger partial charge < -0.3 is 16.0 Å². The SMILES string of the molecule is CC(C)(C)NC(=O)CNc1cc(C(=O)NC2CC2)c2ccccc2n1. The van der Waals surface area contributed by atoms with Crippen molar-refractivity contribution in [2.75, 3.05) is 11.9 Å². The number of anilines is 1. The number of amides is 2. The van der Waals surface area contributed by atoms with Gasteiger partial charge in [0.2, 0.25) is 5.91 Å². The van der Waals surface area contributed by atoms with Crippen LogP contribution in [0.5, 0.6) is 0 Å². The van der Waals surface area contributed by atoms with Crippen LogP contribution in [0, 0.1) is 0 Å². The van der Waals surface area contributed by atoms with E-state index in [9.17, 15) is 9.59 Å². The molecule has 0 bridgehead atoms. The van der Waals surface area contributed by atoms with Gasteiger partial charge in [-0.2, -0.15) is 0 Å². The zero-order valence-electron chi connectivity index (χ0n) is 14.8. The maximum atomic E-state index is 12.5. The number of rotatable bonds is 5. The Morgan fingerprint density at radius 1 is 1.20 bits per heavy atom. The molecular weight excluding hydrogens is 316 g/mol. The monoisotopic (exact) mass is 340 g/mol. The summed E-state index contributed by atoms with van der Waals surface area (Å²) in [5.41, 5.74) is 1.02. The first kappa shape index (κ1) is 17.2. The normalized spacial score (nSPS) is 14.2. The van der Waals surface area contributed by atoms with Gasteiger partial charge in [0.25, 0.3) is 5.91 Å². The lowest BCUT2D eigenvalue weighted by Crippen LogP contribution is -2.43. The van der Waals surface area contributed by atoms with Gasteiger partial charge in [-0.25, -0.2) is 4.98 Å². The molecule has 3 N–H and O–H groups in total. The van der Waals surface area contributed by atoms with Crippen molar-refractivity contribution >= 4 is 28.5 Å². The lowest BCUT2D eigenvalue weighted by atomic mass is 10.1. The van der Waals surface area contributed by atoms with Crippen LogP contribution in [-0.2, 0) is 4.79 Å². The minimum atomic E-state index is -0.287. The summed E-state index contributed by atoms with van der Waals surface area (Å²) in [5.74, 6) is 0.304. The summed E-state index contributed by atoms with van der Waals surface area (Å²) in [4.78, 5) is 29.0. The number of hydrogen-bond donors (Lipinski definition) is 3. The van der Waals surface area contributed by atoms with Crippen LogP contribution in [0.25, 0.3) is 10.9 Å². The number of nitrogens with zero attached hydrogens (tertiary/aromatic N) is 1. The number of carbonyl (C=O) groups is 2. The number of pyridine rings is 1. The highest BCUT2D eigenvalue weighted by molar-refractivity contribution is 6.07. The fourth-order valence-corrected chi connectivity index (χ4v) is 2.58. The molecule has 2 aromatic rings. The second kappa shape index (κ2) is 6.70. The Morgan fingerprint density at radius 3 is 2.60 bits per heavy atom. The topological polar surface area (TPSA) is 83.1 Å². The van der Waals surface area contributed by atoms with E-state index in [1.165, 1.54) is 0 Å². The van der Waals surface area contributed by atoms with Crippen LogP contribution in [0.1, 0.15) is 44.0 Å². The Balaban J connectivity index is 1.81. The fraction of sp³-hybridized carbons (Fsp3) is 0.421. The van der Waals surface area contributed by atoms with Gasteiger partial charge in [-0.1, -0.05) is 18.2 Å². The van der Waals surface area contributed by atoms with Crippen LogP contribution in [0.15, 0.2) is 30.3 Å². The summed E-state index contributed by atoms with van der Waals surface area (Å²) in [7, 11) is 0. The van der Waals surface area contributed by atoms with Crippen LogP contribution in [0.4, 0.5) is 5.82 Å². The maximum absolute atomic E-state index is 12.5. The molecule has 0 unspecified atom stereocenters. The van der Waals surface area contributed by atoms with Gasteiger partial charge in [-0.05, 0) is 45.7 Å². The van der Waals surface area contributed by atoms with Crippen molar-refractivity contribution in [2.45, 2.75) is 45.2 Å². The first-order chi connectivity index (χ1) is 11.8. The molecule has 3 rings (SSSR count). The molecule has 1 aromatic heterocycles. The molecule has 1 aromatic carbocycles. The minimum absolute atomic E-state index is 0.0942. The summed E-state index contributed by atoms with van der Waals surface area (Å²) in [6, 6.07) is 9.53. The van der Waals surface area contributed by atoms with Crippen molar-refractivity contribution in [1.82, 2.24) is 15.6 Å². The molecule has 2 amide bonds. The van der Waals surface area contributed by atoms with Gasteiger partial charge in [0.05, 0.1) is 17.6 Å². The lowest BCUT2D eigenvalue weighted by Gasteiger charge is -2.20. The Hall–Kier alpha value is -2.63. The zero-order valence-corrected chi connectivity index (χ0v) is 14.8. The maximum Gasteiger partial charge on any atom is 0.252 e. The van der Waals surface area contributed by atoms with Gasteiger partial charge in [0.1, 0.15) is 5.82 Å². The Labute approximate surface area is 147 Å². The average molecular weight is 340 g/mol. The van der Waals surface area contributed by atoms with Crippen molar-refractivity contribution in [2.24, 2.45) is 0 Å². The highest BCUT2D eigenvalue weighted by Gasteiger charge is 2.25. The van der Waals surface area contributed by atoms with Gasteiger partial charge >= 0.3 is 0 Å². The molecule has 0 atom stereocenters. The molecule has 0 saturated heterocycles. The molecular formula is C19H24N4O2. The first-order valence-corrected chi connectivity index (χ1v) is 8.57. The van der Waals surface area contributed by atoms with Crippen LogP contribution < -0.4 is 16.0 Å². The first-order valence-electron chi connectivity index (χ1n) is 8.57. The highest BCUT2D eigenvalue weighted by atomic mass is 16.2. The van der Waals surface area contributed by atoms with Gasteiger partial charge in [-0.3, -0.25) is 9.59 Å². The number of aromatic nitrogens is 1. The van der Waals surface area contributed by atoms with Crippen molar-refractivity contribution in [1.29, 1.82) is 0 Å².